The van der Waals surface area contributed by atoms with E-state index in [4.69, 9.17) is 20.8 Å². The molecule has 0 amide bonds. The number of alkyl halides is 1. The van der Waals surface area contributed by atoms with E-state index in [1.807, 2.05) is 6.07 Å². The number of hydrogen-bond donors (Lipinski definition) is 0. The van der Waals surface area contributed by atoms with Crippen molar-refractivity contribution in [1.29, 1.82) is 0 Å². The predicted octanol–water partition coefficient (Wildman–Crippen LogP) is 2.47. The van der Waals surface area contributed by atoms with Gasteiger partial charge in [-0.05, 0) is 24.5 Å². The maximum absolute atomic E-state index is 5.97. The molecule has 1 aromatic heterocycles. The molecule has 1 saturated heterocycles. The Kier molecular flexibility index (Phi) is 2.61. The number of rotatable bonds is 3. The van der Waals surface area contributed by atoms with Gasteiger partial charge in [0.1, 0.15) is 0 Å². The van der Waals surface area contributed by atoms with Gasteiger partial charge >= 0.3 is 0 Å². The SMILES string of the molecule is ClCC1(Cc2ccoc2)CCOC1. The van der Waals surface area contributed by atoms with Gasteiger partial charge in [-0.2, -0.15) is 0 Å². The van der Waals surface area contributed by atoms with Crippen molar-refractivity contribution in [2.24, 2.45) is 5.41 Å². The van der Waals surface area contributed by atoms with Crippen LogP contribution < -0.4 is 0 Å². The number of furan rings is 1. The molecule has 0 bridgehead atoms. The summed E-state index contributed by atoms with van der Waals surface area (Å²) >= 11 is 5.97. The Labute approximate surface area is 82.8 Å². The molecule has 2 rings (SSSR count). The normalized spacial score (nSPS) is 28.1. The minimum Gasteiger partial charge on any atom is -0.472 e. The summed E-state index contributed by atoms with van der Waals surface area (Å²) < 4.78 is 10.4. The summed E-state index contributed by atoms with van der Waals surface area (Å²) in [5.74, 6) is 0.665. The molecule has 1 unspecified atom stereocenters. The molecule has 3 heteroatoms. The third-order valence-electron chi connectivity index (χ3n) is 2.63. The average Bonchev–Trinajstić information content (AvgIpc) is 2.77. The van der Waals surface area contributed by atoms with E-state index in [-0.39, 0.29) is 5.41 Å². The largest absolute Gasteiger partial charge is 0.472 e. The minimum absolute atomic E-state index is 0.144. The van der Waals surface area contributed by atoms with Crippen LogP contribution in [0.4, 0.5) is 0 Å². The lowest BCUT2D eigenvalue weighted by Gasteiger charge is -2.23. The molecule has 0 saturated carbocycles. The van der Waals surface area contributed by atoms with E-state index in [0.29, 0.717) is 5.88 Å². The van der Waals surface area contributed by atoms with Gasteiger partial charge in [0.25, 0.3) is 0 Å². The lowest BCUT2D eigenvalue weighted by molar-refractivity contribution is 0.161. The first-order valence-electron chi connectivity index (χ1n) is 4.49. The van der Waals surface area contributed by atoms with Crippen LogP contribution in [0.1, 0.15) is 12.0 Å². The standard InChI is InChI=1S/C10H13ClO2/c11-7-10(2-4-13-8-10)5-9-1-3-12-6-9/h1,3,6H,2,4-5,7-8H2. The van der Waals surface area contributed by atoms with Crippen molar-refractivity contribution in [3.05, 3.63) is 24.2 Å². The van der Waals surface area contributed by atoms with Gasteiger partial charge in [0, 0.05) is 17.9 Å². The van der Waals surface area contributed by atoms with Gasteiger partial charge in [-0.25, -0.2) is 0 Å². The molecule has 13 heavy (non-hydrogen) atoms. The zero-order valence-corrected chi connectivity index (χ0v) is 8.22. The topological polar surface area (TPSA) is 22.4 Å². The molecular weight excluding hydrogens is 188 g/mol. The Morgan fingerprint density at radius 1 is 1.54 bits per heavy atom. The van der Waals surface area contributed by atoms with Gasteiger partial charge in [0.05, 0.1) is 19.1 Å². The third kappa shape index (κ3) is 1.89. The monoisotopic (exact) mass is 200 g/mol. The maximum Gasteiger partial charge on any atom is 0.0934 e. The fraction of sp³-hybridized carbons (Fsp3) is 0.600. The first-order valence-corrected chi connectivity index (χ1v) is 5.03. The van der Waals surface area contributed by atoms with Gasteiger partial charge in [0.15, 0.2) is 0 Å². The molecule has 2 nitrogen and oxygen atoms in total. The fourth-order valence-electron chi connectivity index (χ4n) is 1.77. The molecule has 1 aliphatic heterocycles. The van der Waals surface area contributed by atoms with E-state index < -0.39 is 0 Å². The maximum atomic E-state index is 5.97. The fourth-order valence-corrected chi connectivity index (χ4v) is 2.07. The van der Waals surface area contributed by atoms with Crippen molar-refractivity contribution in [3.8, 4) is 0 Å². The third-order valence-corrected chi connectivity index (χ3v) is 3.19. The summed E-state index contributed by atoms with van der Waals surface area (Å²) in [5, 5.41) is 0. The van der Waals surface area contributed by atoms with E-state index in [1.165, 1.54) is 5.56 Å². The van der Waals surface area contributed by atoms with Gasteiger partial charge in [-0.1, -0.05) is 0 Å². The van der Waals surface area contributed by atoms with Gasteiger partial charge in [0.2, 0.25) is 0 Å². The van der Waals surface area contributed by atoms with E-state index in [2.05, 4.69) is 0 Å². The lowest BCUT2D eigenvalue weighted by atomic mass is 9.84. The molecule has 0 spiro atoms. The molecule has 0 N–H and O–H groups in total. The summed E-state index contributed by atoms with van der Waals surface area (Å²) in [6, 6.07) is 1.99. The van der Waals surface area contributed by atoms with Gasteiger partial charge < -0.3 is 9.15 Å². The van der Waals surface area contributed by atoms with Crippen LogP contribution in [0.3, 0.4) is 0 Å². The van der Waals surface area contributed by atoms with Gasteiger partial charge in [-0.3, -0.25) is 0 Å². The zero-order valence-electron chi connectivity index (χ0n) is 7.46. The molecule has 1 aliphatic rings. The second-order valence-electron chi connectivity index (χ2n) is 3.74. The van der Waals surface area contributed by atoms with Crippen LogP contribution in [0.5, 0.6) is 0 Å². The summed E-state index contributed by atoms with van der Waals surface area (Å²) in [7, 11) is 0. The van der Waals surface area contributed by atoms with Crippen LogP contribution in [0.2, 0.25) is 0 Å². The Balaban J connectivity index is 2.06. The van der Waals surface area contributed by atoms with Crippen molar-refractivity contribution >= 4 is 11.6 Å². The summed E-state index contributed by atoms with van der Waals surface area (Å²) in [6.07, 6.45) is 5.51. The quantitative estimate of drug-likeness (QED) is 0.700. The highest BCUT2D eigenvalue weighted by molar-refractivity contribution is 6.18. The molecule has 72 valence electrons. The Morgan fingerprint density at radius 2 is 2.46 bits per heavy atom. The molecule has 0 radical (unpaired) electrons. The molecule has 1 fully saturated rings. The van der Waals surface area contributed by atoms with E-state index in [1.54, 1.807) is 12.5 Å². The van der Waals surface area contributed by atoms with Crippen molar-refractivity contribution in [1.82, 2.24) is 0 Å². The molecular formula is C10H13ClO2. The Bertz CT molecular complexity index is 250. The highest BCUT2D eigenvalue weighted by Gasteiger charge is 2.34. The van der Waals surface area contributed by atoms with Crippen molar-refractivity contribution in [3.63, 3.8) is 0 Å². The highest BCUT2D eigenvalue weighted by Crippen LogP contribution is 2.33. The van der Waals surface area contributed by atoms with E-state index in [0.717, 1.165) is 26.1 Å². The van der Waals surface area contributed by atoms with E-state index in [9.17, 15) is 0 Å². The van der Waals surface area contributed by atoms with Crippen LogP contribution in [0.25, 0.3) is 0 Å². The van der Waals surface area contributed by atoms with Crippen LogP contribution in [-0.2, 0) is 11.2 Å². The molecule has 0 aromatic carbocycles. The lowest BCUT2D eigenvalue weighted by Crippen LogP contribution is -2.25. The molecule has 1 aromatic rings. The van der Waals surface area contributed by atoms with Crippen molar-refractivity contribution in [2.45, 2.75) is 12.8 Å². The van der Waals surface area contributed by atoms with Crippen LogP contribution in [-0.4, -0.2) is 19.1 Å². The van der Waals surface area contributed by atoms with E-state index >= 15 is 0 Å². The predicted molar refractivity (Wildman–Crippen MR) is 51.0 cm³/mol. The zero-order chi connectivity index (χ0) is 9.15. The minimum atomic E-state index is 0.144. The second kappa shape index (κ2) is 3.72. The smallest absolute Gasteiger partial charge is 0.0934 e. The van der Waals surface area contributed by atoms with Crippen LogP contribution in [0.15, 0.2) is 23.0 Å². The average molecular weight is 201 g/mol. The van der Waals surface area contributed by atoms with Crippen LogP contribution >= 0.6 is 11.6 Å². The highest BCUT2D eigenvalue weighted by atomic mass is 35.5. The Hall–Kier alpha value is -0.470. The second-order valence-corrected chi connectivity index (χ2v) is 4.01. The van der Waals surface area contributed by atoms with Gasteiger partial charge in [-0.15, -0.1) is 11.6 Å². The Morgan fingerprint density at radius 3 is 3.00 bits per heavy atom. The molecule has 2 heterocycles. The summed E-state index contributed by atoms with van der Waals surface area (Å²) in [5.41, 5.74) is 1.36. The number of hydrogen-bond acceptors (Lipinski definition) is 2. The van der Waals surface area contributed by atoms with Crippen LogP contribution in [0, 0.1) is 5.41 Å². The first kappa shape index (κ1) is 9.10. The molecule has 1 atom stereocenters. The van der Waals surface area contributed by atoms with Crippen molar-refractivity contribution in [2.75, 3.05) is 19.1 Å². The first-order chi connectivity index (χ1) is 6.35. The van der Waals surface area contributed by atoms with Crippen molar-refractivity contribution < 1.29 is 9.15 Å². The number of ether oxygens (including phenoxy) is 1. The molecule has 0 aliphatic carbocycles. The number of halogens is 1. The summed E-state index contributed by atoms with van der Waals surface area (Å²) in [4.78, 5) is 0. The summed E-state index contributed by atoms with van der Waals surface area (Å²) in [6.45, 7) is 1.62.